The summed E-state index contributed by atoms with van der Waals surface area (Å²) in [5.74, 6) is -0.773. The lowest BCUT2D eigenvalue weighted by Gasteiger charge is -2.21. The molecular formula is C17H20N2O6. The number of carbonyl (C=O) groups is 2. The maximum absolute atomic E-state index is 12.0. The molecule has 3 aliphatic rings. The fraction of sp³-hybridized carbons (Fsp3) is 0.529. The van der Waals surface area contributed by atoms with Gasteiger partial charge in [0.15, 0.2) is 17.3 Å². The number of ether oxygens (including phenoxy) is 4. The number of benzene rings is 1. The highest BCUT2D eigenvalue weighted by Crippen LogP contribution is 2.39. The minimum absolute atomic E-state index is 0.151. The van der Waals surface area contributed by atoms with Gasteiger partial charge in [0.2, 0.25) is 6.79 Å². The van der Waals surface area contributed by atoms with Gasteiger partial charge in [-0.25, -0.2) is 0 Å². The number of hydrogen-bond donors (Lipinski definition) is 2. The van der Waals surface area contributed by atoms with E-state index in [1.807, 2.05) is 0 Å². The first-order chi connectivity index (χ1) is 12.1. The summed E-state index contributed by atoms with van der Waals surface area (Å²) in [6.07, 6.45) is 3.75. The van der Waals surface area contributed by atoms with E-state index in [1.165, 1.54) is 0 Å². The monoisotopic (exact) mass is 348 g/mol. The molecule has 1 aliphatic carbocycles. The van der Waals surface area contributed by atoms with Crippen molar-refractivity contribution in [2.24, 2.45) is 0 Å². The van der Waals surface area contributed by atoms with Gasteiger partial charge in [-0.2, -0.15) is 0 Å². The van der Waals surface area contributed by atoms with Crippen LogP contribution in [0.25, 0.3) is 0 Å². The Kier molecular flexibility index (Phi) is 4.22. The lowest BCUT2D eigenvalue weighted by molar-refractivity contribution is -0.161. The summed E-state index contributed by atoms with van der Waals surface area (Å²) < 4.78 is 22.1. The molecule has 8 heteroatoms. The Bertz CT molecular complexity index is 686. The molecule has 1 atom stereocenters. The minimum atomic E-state index is -0.742. The largest absolute Gasteiger partial charge is 0.454 e. The Morgan fingerprint density at radius 1 is 1.12 bits per heavy atom. The highest BCUT2D eigenvalue weighted by atomic mass is 16.7. The van der Waals surface area contributed by atoms with E-state index in [4.69, 9.17) is 18.9 Å². The highest BCUT2D eigenvalue weighted by Gasteiger charge is 2.43. The van der Waals surface area contributed by atoms with Gasteiger partial charge in [0.05, 0.1) is 6.61 Å². The average Bonchev–Trinajstić information content (AvgIpc) is 3.34. The van der Waals surface area contributed by atoms with E-state index in [2.05, 4.69) is 10.6 Å². The molecular weight excluding hydrogens is 328 g/mol. The first-order valence-electron chi connectivity index (χ1n) is 8.44. The van der Waals surface area contributed by atoms with Crippen molar-refractivity contribution in [2.45, 2.75) is 37.6 Å². The van der Waals surface area contributed by atoms with Gasteiger partial charge >= 0.3 is 11.8 Å². The van der Waals surface area contributed by atoms with E-state index in [0.29, 0.717) is 23.8 Å². The van der Waals surface area contributed by atoms with Crippen LogP contribution >= 0.6 is 0 Å². The molecule has 25 heavy (non-hydrogen) atoms. The molecule has 2 amide bonds. The van der Waals surface area contributed by atoms with E-state index in [1.54, 1.807) is 18.2 Å². The summed E-state index contributed by atoms with van der Waals surface area (Å²) in [5, 5.41) is 5.13. The van der Waals surface area contributed by atoms with E-state index in [9.17, 15) is 9.59 Å². The standard InChI is InChI=1S/C17H20N2O6/c20-15(18-8-12-9-24-17(25-12)5-1-2-6-17)16(21)19-11-3-4-13-14(7-11)23-10-22-13/h3-4,7,12H,1-2,5-6,8-10H2,(H,18,20)(H,19,21)/t12-/m0/s1. The molecule has 1 saturated carbocycles. The predicted molar refractivity (Wildman–Crippen MR) is 86.2 cm³/mol. The Morgan fingerprint density at radius 2 is 1.92 bits per heavy atom. The van der Waals surface area contributed by atoms with Crippen molar-refractivity contribution in [1.29, 1.82) is 0 Å². The molecule has 0 bridgehead atoms. The fourth-order valence-corrected chi connectivity index (χ4v) is 3.34. The molecule has 1 spiro atoms. The minimum Gasteiger partial charge on any atom is -0.454 e. The van der Waals surface area contributed by atoms with Gasteiger partial charge in [-0.15, -0.1) is 0 Å². The summed E-state index contributed by atoms with van der Waals surface area (Å²) in [6.45, 7) is 0.831. The van der Waals surface area contributed by atoms with Gasteiger partial charge in [-0.05, 0) is 25.0 Å². The third kappa shape index (κ3) is 3.40. The van der Waals surface area contributed by atoms with Crippen LogP contribution in [0.15, 0.2) is 18.2 Å². The molecule has 2 aliphatic heterocycles. The van der Waals surface area contributed by atoms with Crippen LogP contribution in [0, 0.1) is 0 Å². The molecule has 1 aromatic carbocycles. The molecule has 2 fully saturated rings. The van der Waals surface area contributed by atoms with Gasteiger partial charge in [0.1, 0.15) is 6.10 Å². The second-order valence-electron chi connectivity index (χ2n) is 6.40. The van der Waals surface area contributed by atoms with Gasteiger partial charge in [-0.1, -0.05) is 0 Å². The first-order valence-corrected chi connectivity index (χ1v) is 8.44. The topological polar surface area (TPSA) is 95.1 Å². The van der Waals surface area contributed by atoms with Crippen LogP contribution in [0.1, 0.15) is 25.7 Å². The molecule has 1 saturated heterocycles. The van der Waals surface area contributed by atoms with Crippen molar-refractivity contribution in [3.63, 3.8) is 0 Å². The van der Waals surface area contributed by atoms with E-state index < -0.39 is 17.6 Å². The van der Waals surface area contributed by atoms with Crippen LogP contribution in [-0.4, -0.2) is 43.7 Å². The van der Waals surface area contributed by atoms with Gasteiger partial charge in [-0.3, -0.25) is 9.59 Å². The van der Waals surface area contributed by atoms with Crippen molar-refractivity contribution in [1.82, 2.24) is 5.32 Å². The molecule has 0 unspecified atom stereocenters. The third-order valence-corrected chi connectivity index (χ3v) is 4.61. The second-order valence-corrected chi connectivity index (χ2v) is 6.40. The Morgan fingerprint density at radius 3 is 2.76 bits per heavy atom. The van der Waals surface area contributed by atoms with Crippen molar-refractivity contribution >= 4 is 17.5 Å². The zero-order chi connectivity index (χ0) is 17.3. The molecule has 8 nitrogen and oxygen atoms in total. The zero-order valence-electron chi connectivity index (χ0n) is 13.7. The van der Waals surface area contributed by atoms with Crippen LogP contribution in [0.2, 0.25) is 0 Å². The molecule has 0 radical (unpaired) electrons. The van der Waals surface area contributed by atoms with Crippen molar-refractivity contribution in [2.75, 3.05) is 25.3 Å². The van der Waals surface area contributed by atoms with Crippen molar-refractivity contribution in [3.8, 4) is 11.5 Å². The number of rotatable bonds is 3. The van der Waals surface area contributed by atoms with Crippen molar-refractivity contribution < 1.29 is 28.5 Å². The quantitative estimate of drug-likeness (QED) is 0.796. The lowest BCUT2D eigenvalue weighted by atomic mass is 10.2. The Balaban J connectivity index is 1.26. The number of carbonyl (C=O) groups excluding carboxylic acids is 2. The SMILES string of the molecule is O=C(NC[C@H]1COC2(CCCC2)O1)C(=O)Nc1ccc2c(c1)OCO2. The number of fused-ring (bicyclic) bond motifs is 1. The molecule has 2 N–H and O–H groups in total. The Labute approximate surface area is 144 Å². The maximum atomic E-state index is 12.0. The predicted octanol–water partition coefficient (Wildman–Crippen LogP) is 1.16. The molecule has 4 rings (SSSR count). The molecule has 0 aromatic heterocycles. The normalized spacial score (nSPS) is 23.0. The molecule has 1 aromatic rings. The Hall–Kier alpha value is -2.32. The summed E-state index contributed by atoms with van der Waals surface area (Å²) in [4.78, 5) is 24.0. The molecule has 2 heterocycles. The van der Waals surface area contributed by atoms with Crippen LogP contribution in [-0.2, 0) is 19.1 Å². The van der Waals surface area contributed by atoms with Crippen LogP contribution in [0.4, 0.5) is 5.69 Å². The van der Waals surface area contributed by atoms with Gasteiger partial charge < -0.3 is 29.6 Å². The summed E-state index contributed by atoms with van der Waals surface area (Å²) >= 11 is 0. The zero-order valence-corrected chi connectivity index (χ0v) is 13.7. The van der Waals surface area contributed by atoms with Crippen LogP contribution in [0.3, 0.4) is 0 Å². The van der Waals surface area contributed by atoms with E-state index >= 15 is 0 Å². The number of nitrogens with one attached hydrogen (secondary N) is 2. The molecule has 134 valence electrons. The smallest absolute Gasteiger partial charge is 0.313 e. The number of amides is 2. The average molecular weight is 348 g/mol. The van der Waals surface area contributed by atoms with Gasteiger partial charge in [0, 0.05) is 31.1 Å². The number of hydrogen-bond acceptors (Lipinski definition) is 6. The summed E-state index contributed by atoms with van der Waals surface area (Å²) in [5.41, 5.74) is 0.467. The van der Waals surface area contributed by atoms with Crippen LogP contribution < -0.4 is 20.1 Å². The van der Waals surface area contributed by atoms with E-state index in [0.717, 1.165) is 25.7 Å². The van der Waals surface area contributed by atoms with Gasteiger partial charge in [0.25, 0.3) is 0 Å². The maximum Gasteiger partial charge on any atom is 0.313 e. The lowest BCUT2D eigenvalue weighted by Crippen LogP contribution is -2.40. The van der Waals surface area contributed by atoms with Crippen LogP contribution in [0.5, 0.6) is 11.5 Å². The van der Waals surface area contributed by atoms with E-state index in [-0.39, 0.29) is 19.4 Å². The third-order valence-electron chi connectivity index (χ3n) is 4.61. The number of anilines is 1. The second kappa shape index (κ2) is 6.53. The van der Waals surface area contributed by atoms with Crippen molar-refractivity contribution in [3.05, 3.63) is 18.2 Å². The highest BCUT2D eigenvalue weighted by molar-refractivity contribution is 6.39. The first kappa shape index (κ1) is 16.2. The fourth-order valence-electron chi connectivity index (χ4n) is 3.34. The summed E-state index contributed by atoms with van der Waals surface area (Å²) in [7, 11) is 0. The summed E-state index contributed by atoms with van der Waals surface area (Å²) in [6, 6.07) is 4.95.